The Morgan fingerprint density at radius 3 is 2.75 bits per heavy atom. The van der Waals surface area contributed by atoms with Crippen molar-refractivity contribution in [2.75, 3.05) is 31.6 Å². The van der Waals surface area contributed by atoms with Gasteiger partial charge in [0.2, 0.25) is 0 Å². The van der Waals surface area contributed by atoms with Crippen molar-refractivity contribution in [2.24, 2.45) is 5.92 Å². The maximum Gasteiger partial charge on any atom is 0.257 e. The third kappa shape index (κ3) is 3.55. The molecule has 0 spiro atoms. The second kappa shape index (κ2) is 6.99. The smallest absolute Gasteiger partial charge is 0.257 e. The minimum Gasteiger partial charge on any atom is -0.371 e. The van der Waals surface area contributed by atoms with Crippen LogP contribution in [0.4, 0.5) is 5.69 Å². The Hall–Kier alpha value is -2.43. The first kappa shape index (κ1) is 16.4. The normalized spacial score (nSPS) is 17.1. The molecular weight excluding hydrogens is 300 g/mol. The molecule has 1 atom stereocenters. The van der Waals surface area contributed by atoms with Gasteiger partial charge in [-0.15, -0.1) is 0 Å². The summed E-state index contributed by atoms with van der Waals surface area (Å²) in [7, 11) is 1.87. The van der Waals surface area contributed by atoms with Gasteiger partial charge < -0.3 is 9.80 Å². The molecule has 1 aliphatic heterocycles. The van der Waals surface area contributed by atoms with Gasteiger partial charge in [-0.05, 0) is 38.3 Å². The first-order valence-electron chi connectivity index (χ1n) is 8.40. The number of benzene rings is 1. The molecule has 126 valence electrons. The lowest BCUT2D eigenvalue weighted by Crippen LogP contribution is -2.33. The molecule has 3 rings (SSSR count). The lowest BCUT2D eigenvalue weighted by molar-refractivity contribution is 0.0774. The van der Waals surface area contributed by atoms with Gasteiger partial charge in [-0.1, -0.05) is 18.2 Å². The van der Waals surface area contributed by atoms with E-state index in [0.29, 0.717) is 17.3 Å². The Morgan fingerprint density at radius 2 is 2.04 bits per heavy atom. The Kier molecular flexibility index (Phi) is 4.79. The first-order valence-corrected chi connectivity index (χ1v) is 8.40. The monoisotopic (exact) mass is 324 g/mol. The lowest BCUT2D eigenvalue weighted by Gasteiger charge is -2.23. The van der Waals surface area contributed by atoms with Crippen LogP contribution in [0.2, 0.25) is 0 Å². The van der Waals surface area contributed by atoms with E-state index in [2.05, 4.69) is 39.1 Å². The van der Waals surface area contributed by atoms with Gasteiger partial charge in [0.15, 0.2) is 0 Å². The number of para-hydroxylation sites is 1. The molecule has 0 radical (unpaired) electrons. The first-order chi connectivity index (χ1) is 11.5. The largest absolute Gasteiger partial charge is 0.371 e. The number of hydrogen-bond donors (Lipinski definition) is 0. The van der Waals surface area contributed by atoms with Crippen molar-refractivity contribution in [3.63, 3.8) is 0 Å². The Labute approximate surface area is 143 Å². The summed E-state index contributed by atoms with van der Waals surface area (Å²) in [6.07, 6.45) is 2.75. The van der Waals surface area contributed by atoms with Crippen molar-refractivity contribution in [3.8, 4) is 0 Å². The van der Waals surface area contributed by atoms with E-state index in [-0.39, 0.29) is 5.91 Å². The van der Waals surface area contributed by atoms with Crippen LogP contribution in [0.5, 0.6) is 0 Å². The van der Waals surface area contributed by atoms with Crippen LogP contribution in [0.15, 0.2) is 36.5 Å². The molecule has 1 aliphatic rings. The van der Waals surface area contributed by atoms with E-state index in [1.165, 1.54) is 5.69 Å². The third-order valence-corrected chi connectivity index (χ3v) is 4.62. The average molecular weight is 324 g/mol. The summed E-state index contributed by atoms with van der Waals surface area (Å²) in [6, 6.07) is 10.5. The molecule has 0 bridgehead atoms. The molecule has 0 N–H and O–H groups in total. The summed E-state index contributed by atoms with van der Waals surface area (Å²) in [5.74, 6) is 1.19. The minimum absolute atomic E-state index is 0.00524. The van der Waals surface area contributed by atoms with Gasteiger partial charge in [-0.3, -0.25) is 4.79 Å². The number of nitrogens with zero attached hydrogens (tertiary/aromatic N) is 4. The van der Waals surface area contributed by atoms with Crippen molar-refractivity contribution >= 4 is 11.6 Å². The molecule has 24 heavy (non-hydrogen) atoms. The van der Waals surface area contributed by atoms with E-state index in [1.54, 1.807) is 11.1 Å². The van der Waals surface area contributed by atoms with Crippen LogP contribution in [0.25, 0.3) is 0 Å². The fraction of sp³-hybridized carbons (Fsp3) is 0.421. The molecule has 0 aliphatic carbocycles. The highest BCUT2D eigenvalue weighted by Crippen LogP contribution is 2.24. The highest BCUT2D eigenvalue weighted by Gasteiger charge is 2.26. The Bertz CT molecular complexity index is 717. The zero-order valence-corrected chi connectivity index (χ0v) is 14.6. The van der Waals surface area contributed by atoms with Crippen LogP contribution in [-0.4, -0.2) is 47.5 Å². The number of amides is 1. The molecule has 0 saturated carbocycles. The Balaban J connectivity index is 1.61. The standard InChI is InChI=1S/C19H24N4O/c1-14-18(11-20-15(2)21-14)19(24)22(3)12-16-9-10-23(13-16)17-7-5-4-6-8-17/h4-8,11,16H,9-10,12-13H2,1-3H3/t16-/m1/s1. The maximum absolute atomic E-state index is 12.6. The fourth-order valence-electron chi connectivity index (χ4n) is 3.32. The summed E-state index contributed by atoms with van der Waals surface area (Å²) in [5.41, 5.74) is 2.61. The minimum atomic E-state index is 0.00524. The number of aryl methyl sites for hydroxylation is 2. The molecule has 2 aromatic rings. The second-order valence-corrected chi connectivity index (χ2v) is 6.54. The molecule has 2 heterocycles. The molecule has 1 aromatic heterocycles. The van der Waals surface area contributed by atoms with Crippen LogP contribution < -0.4 is 4.90 Å². The van der Waals surface area contributed by atoms with Crippen LogP contribution in [-0.2, 0) is 0 Å². The van der Waals surface area contributed by atoms with Crippen LogP contribution >= 0.6 is 0 Å². The number of aromatic nitrogens is 2. The number of rotatable bonds is 4. The zero-order valence-electron chi connectivity index (χ0n) is 14.6. The SMILES string of the molecule is Cc1ncc(C(=O)N(C)C[C@H]2CCN(c3ccccc3)C2)c(C)n1. The van der Waals surface area contributed by atoms with Crippen molar-refractivity contribution < 1.29 is 4.79 Å². The van der Waals surface area contributed by atoms with E-state index >= 15 is 0 Å². The van der Waals surface area contributed by atoms with Gasteiger partial charge in [0.05, 0.1) is 11.3 Å². The number of hydrogen-bond acceptors (Lipinski definition) is 4. The van der Waals surface area contributed by atoms with E-state index in [1.807, 2.05) is 27.0 Å². The highest BCUT2D eigenvalue weighted by molar-refractivity contribution is 5.94. The fourth-order valence-corrected chi connectivity index (χ4v) is 3.32. The van der Waals surface area contributed by atoms with E-state index < -0.39 is 0 Å². The molecule has 1 aromatic carbocycles. The van der Waals surface area contributed by atoms with Crippen LogP contribution in [0, 0.1) is 19.8 Å². The van der Waals surface area contributed by atoms with Gasteiger partial charge >= 0.3 is 0 Å². The Morgan fingerprint density at radius 1 is 1.29 bits per heavy atom. The van der Waals surface area contributed by atoms with Crippen LogP contribution in [0.1, 0.15) is 28.3 Å². The summed E-state index contributed by atoms with van der Waals surface area (Å²) >= 11 is 0. The lowest BCUT2D eigenvalue weighted by atomic mass is 10.1. The van der Waals surface area contributed by atoms with E-state index in [0.717, 1.165) is 31.7 Å². The van der Waals surface area contributed by atoms with E-state index in [4.69, 9.17) is 0 Å². The molecule has 1 amide bonds. The van der Waals surface area contributed by atoms with Crippen molar-refractivity contribution in [1.82, 2.24) is 14.9 Å². The predicted octanol–water partition coefficient (Wildman–Crippen LogP) is 2.69. The number of carbonyl (C=O) groups is 1. The summed E-state index contributed by atoms with van der Waals surface area (Å²) in [6.45, 7) is 6.49. The maximum atomic E-state index is 12.6. The van der Waals surface area contributed by atoms with Crippen LogP contribution in [0.3, 0.4) is 0 Å². The third-order valence-electron chi connectivity index (χ3n) is 4.62. The molecular formula is C19H24N4O. The average Bonchev–Trinajstić information content (AvgIpc) is 3.03. The topological polar surface area (TPSA) is 49.3 Å². The highest BCUT2D eigenvalue weighted by atomic mass is 16.2. The van der Waals surface area contributed by atoms with Gasteiger partial charge in [0.1, 0.15) is 5.82 Å². The van der Waals surface area contributed by atoms with Gasteiger partial charge in [-0.25, -0.2) is 9.97 Å². The van der Waals surface area contributed by atoms with Crippen molar-refractivity contribution in [3.05, 3.63) is 53.6 Å². The van der Waals surface area contributed by atoms with Crippen molar-refractivity contribution in [2.45, 2.75) is 20.3 Å². The molecule has 5 heteroatoms. The number of carbonyl (C=O) groups excluding carboxylic acids is 1. The van der Waals surface area contributed by atoms with E-state index in [9.17, 15) is 4.79 Å². The van der Waals surface area contributed by atoms with Gasteiger partial charge in [-0.2, -0.15) is 0 Å². The number of anilines is 1. The predicted molar refractivity (Wildman–Crippen MR) is 95.2 cm³/mol. The summed E-state index contributed by atoms with van der Waals surface area (Å²) < 4.78 is 0. The molecule has 1 saturated heterocycles. The van der Waals surface area contributed by atoms with Crippen molar-refractivity contribution in [1.29, 1.82) is 0 Å². The quantitative estimate of drug-likeness (QED) is 0.867. The molecule has 0 unspecified atom stereocenters. The summed E-state index contributed by atoms with van der Waals surface area (Å²) in [5, 5.41) is 0. The molecule has 5 nitrogen and oxygen atoms in total. The van der Waals surface area contributed by atoms with Gasteiger partial charge in [0.25, 0.3) is 5.91 Å². The zero-order chi connectivity index (χ0) is 17.1. The second-order valence-electron chi connectivity index (χ2n) is 6.54. The summed E-state index contributed by atoms with van der Waals surface area (Å²) in [4.78, 5) is 25.3. The van der Waals surface area contributed by atoms with Gasteiger partial charge in [0, 0.05) is 38.6 Å². The molecule has 1 fully saturated rings.